The number of carbonyl (C=O) groups excluding carboxylic acids is 2. The molecule has 1 aromatic heterocycles. The molecule has 0 unspecified atom stereocenters. The molecule has 3 aromatic rings. The molecule has 10 nitrogen and oxygen atoms in total. The number of rotatable bonds is 9. The Bertz CT molecular complexity index is 1230. The number of aliphatic hydroxyl groups is 1. The Labute approximate surface area is 204 Å². The van der Waals surface area contributed by atoms with Crippen LogP contribution in [0.5, 0.6) is 0 Å². The summed E-state index contributed by atoms with van der Waals surface area (Å²) in [7, 11) is 0. The Kier molecular flexibility index (Phi) is 8.18. The molecule has 1 heterocycles. The lowest BCUT2D eigenvalue weighted by Gasteiger charge is -2.21. The molecule has 0 aliphatic carbocycles. The molecule has 0 bridgehead atoms. The van der Waals surface area contributed by atoms with Gasteiger partial charge in [-0.05, 0) is 49.2 Å². The van der Waals surface area contributed by atoms with E-state index in [1.807, 2.05) is 0 Å². The van der Waals surface area contributed by atoms with Crippen molar-refractivity contribution < 1.29 is 34.5 Å². The van der Waals surface area contributed by atoms with E-state index < -0.39 is 36.0 Å². The molecule has 6 N–H and O–H groups in total. The van der Waals surface area contributed by atoms with Crippen LogP contribution in [0.15, 0.2) is 60.7 Å². The third kappa shape index (κ3) is 6.88. The van der Waals surface area contributed by atoms with Crippen molar-refractivity contribution in [3.05, 3.63) is 82.2 Å². The minimum absolute atomic E-state index is 0.0109. The highest BCUT2D eigenvalue weighted by Crippen LogP contribution is 2.27. The fourth-order valence-corrected chi connectivity index (χ4v) is 4.17. The molecule has 3 amide bonds. The number of carbonyl (C=O) groups is 4. The molecule has 0 saturated carbocycles. The van der Waals surface area contributed by atoms with E-state index in [9.17, 15) is 34.5 Å². The number of aliphatic carboxylic acids is 1. The van der Waals surface area contributed by atoms with E-state index in [1.54, 1.807) is 37.3 Å². The topological polar surface area (TPSA) is 165 Å². The Morgan fingerprint density at radius 1 is 0.943 bits per heavy atom. The van der Waals surface area contributed by atoms with Crippen molar-refractivity contribution in [2.75, 3.05) is 10.6 Å². The molecule has 35 heavy (non-hydrogen) atoms. The molecule has 0 fully saturated rings. The van der Waals surface area contributed by atoms with Crippen LogP contribution in [-0.4, -0.2) is 51.3 Å². The van der Waals surface area contributed by atoms with Gasteiger partial charge in [0.05, 0.1) is 11.6 Å². The highest BCUT2D eigenvalue weighted by atomic mass is 32.1. The Balaban J connectivity index is 1.64. The van der Waals surface area contributed by atoms with Gasteiger partial charge in [-0.2, -0.15) is 0 Å². The molecule has 0 saturated heterocycles. The van der Waals surface area contributed by atoms with Crippen LogP contribution in [0.1, 0.15) is 31.2 Å². The fourth-order valence-electron chi connectivity index (χ4n) is 3.27. The van der Waals surface area contributed by atoms with E-state index >= 15 is 0 Å². The Hall–Kier alpha value is -4.22. The maximum absolute atomic E-state index is 12.7. The third-order valence-electron chi connectivity index (χ3n) is 4.97. The first-order chi connectivity index (χ1) is 16.6. The van der Waals surface area contributed by atoms with Crippen LogP contribution in [0.25, 0.3) is 0 Å². The van der Waals surface area contributed by atoms with Crippen molar-refractivity contribution >= 4 is 45.9 Å². The lowest BCUT2D eigenvalue weighted by molar-refractivity contribution is -0.148. The van der Waals surface area contributed by atoms with Crippen molar-refractivity contribution in [3.63, 3.8) is 0 Å². The van der Waals surface area contributed by atoms with Gasteiger partial charge in [0, 0.05) is 16.1 Å². The molecule has 3 rings (SSSR count). The third-order valence-corrected chi connectivity index (χ3v) is 5.93. The number of amides is 3. The number of carboxylic acid groups (broad SMARTS) is 2. The van der Waals surface area contributed by atoms with Gasteiger partial charge in [-0.15, -0.1) is 11.3 Å². The maximum Gasteiger partial charge on any atom is 0.338 e. The van der Waals surface area contributed by atoms with Crippen LogP contribution >= 0.6 is 11.3 Å². The van der Waals surface area contributed by atoms with Crippen molar-refractivity contribution in [1.82, 2.24) is 5.32 Å². The normalized spacial score (nSPS) is 12.3. The van der Waals surface area contributed by atoms with Crippen LogP contribution in [0.4, 0.5) is 15.5 Å². The van der Waals surface area contributed by atoms with E-state index in [2.05, 4.69) is 16.0 Å². The average molecular weight is 498 g/mol. The fraction of sp³-hybridized carbons (Fsp3) is 0.167. The maximum atomic E-state index is 12.7. The van der Waals surface area contributed by atoms with Gasteiger partial charge in [0.25, 0.3) is 5.91 Å². The van der Waals surface area contributed by atoms with Crippen LogP contribution in [-0.2, 0) is 11.2 Å². The van der Waals surface area contributed by atoms with E-state index in [1.165, 1.54) is 30.3 Å². The van der Waals surface area contributed by atoms with E-state index in [0.29, 0.717) is 5.69 Å². The highest BCUT2D eigenvalue weighted by Gasteiger charge is 2.28. The first kappa shape index (κ1) is 25.4. The molecule has 2 atom stereocenters. The molecule has 182 valence electrons. The van der Waals surface area contributed by atoms with E-state index in [4.69, 9.17) is 0 Å². The molecule has 0 radical (unpaired) electrons. The number of aryl methyl sites for hydroxylation is 1. The van der Waals surface area contributed by atoms with Crippen molar-refractivity contribution in [2.24, 2.45) is 0 Å². The number of aromatic carboxylic acids is 1. The minimum Gasteiger partial charge on any atom is -0.479 e. The number of hydrogen-bond acceptors (Lipinski definition) is 6. The molecule has 2 aromatic carbocycles. The lowest BCUT2D eigenvalue weighted by atomic mass is 10.0. The molecule has 0 aliphatic rings. The van der Waals surface area contributed by atoms with Crippen LogP contribution in [0, 0.1) is 6.92 Å². The molecule has 11 heteroatoms. The van der Waals surface area contributed by atoms with Crippen LogP contribution in [0.2, 0.25) is 0 Å². The first-order valence-corrected chi connectivity index (χ1v) is 11.2. The van der Waals surface area contributed by atoms with E-state index in [-0.39, 0.29) is 22.5 Å². The van der Waals surface area contributed by atoms with Gasteiger partial charge >= 0.3 is 18.0 Å². The Morgan fingerprint density at radius 2 is 1.60 bits per heavy atom. The number of nitrogens with one attached hydrogen (secondary N) is 3. The summed E-state index contributed by atoms with van der Waals surface area (Å²) in [6, 6.07) is 14.4. The monoisotopic (exact) mass is 497 g/mol. The zero-order chi connectivity index (χ0) is 25.5. The summed E-state index contributed by atoms with van der Waals surface area (Å²) in [5.74, 6) is -3.20. The standard InChI is InChI=1S/C24H23N3O7S/c1-13-11-17(22(30)31)21(35-13)27-24(34)25-16-9-7-15(8-10-16)20(29)26-18(19(28)23(32)33)12-14-5-3-2-4-6-14/h2-11,18-19,28H,12H2,1H3,(H,26,29)(H,30,31)(H,32,33)(H2,25,27,34)/t18-,19-/m1/s1. The van der Waals surface area contributed by atoms with Crippen LogP contribution < -0.4 is 16.0 Å². The number of aliphatic hydroxyl groups excluding tert-OH is 1. The minimum atomic E-state index is -1.81. The summed E-state index contributed by atoms with van der Waals surface area (Å²) in [6.45, 7) is 1.73. The number of carboxylic acids is 2. The summed E-state index contributed by atoms with van der Waals surface area (Å²) in [4.78, 5) is 48.3. The SMILES string of the molecule is Cc1cc(C(=O)O)c(NC(=O)Nc2ccc(C(=O)N[C@H](Cc3ccccc3)[C@@H](O)C(=O)O)cc2)s1. The van der Waals surface area contributed by atoms with Gasteiger partial charge in [0.2, 0.25) is 0 Å². The summed E-state index contributed by atoms with van der Waals surface area (Å²) >= 11 is 1.13. The second kappa shape index (κ2) is 11.3. The summed E-state index contributed by atoms with van der Waals surface area (Å²) in [5.41, 5.74) is 1.27. The van der Waals surface area contributed by atoms with E-state index in [0.717, 1.165) is 21.8 Å². The van der Waals surface area contributed by atoms with Gasteiger partial charge in [-0.1, -0.05) is 30.3 Å². The number of thiophene rings is 1. The second-order valence-corrected chi connectivity index (χ2v) is 8.87. The zero-order valence-electron chi connectivity index (χ0n) is 18.5. The number of urea groups is 1. The van der Waals surface area contributed by atoms with Gasteiger partial charge in [-0.25, -0.2) is 14.4 Å². The average Bonchev–Trinajstić information content (AvgIpc) is 3.19. The van der Waals surface area contributed by atoms with Gasteiger partial charge < -0.3 is 26.0 Å². The predicted octanol–water partition coefficient (Wildman–Crippen LogP) is 3.19. The smallest absolute Gasteiger partial charge is 0.338 e. The van der Waals surface area contributed by atoms with Crippen molar-refractivity contribution in [3.8, 4) is 0 Å². The van der Waals surface area contributed by atoms with Gasteiger partial charge in [0.15, 0.2) is 6.10 Å². The molecule has 0 aliphatic heterocycles. The first-order valence-electron chi connectivity index (χ1n) is 10.4. The summed E-state index contributed by atoms with van der Waals surface area (Å²) in [5, 5.41) is 36.3. The number of benzene rings is 2. The largest absolute Gasteiger partial charge is 0.479 e. The molecular weight excluding hydrogens is 474 g/mol. The quantitative estimate of drug-likeness (QED) is 0.264. The zero-order valence-corrected chi connectivity index (χ0v) is 19.3. The summed E-state index contributed by atoms with van der Waals surface area (Å²) < 4.78 is 0. The number of anilines is 2. The molecule has 0 spiro atoms. The second-order valence-electron chi connectivity index (χ2n) is 7.61. The Morgan fingerprint density at radius 3 is 2.20 bits per heavy atom. The van der Waals surface area contributed by atoms with Crippen LogP contribution in [0.3, 0.4) is 0 Å². The lowest BCUT2D eigenvalue weighted by Crippen LogP contribution is -2.48. The summed E-state index contributed by atoms with van der Waals surface area (Å²) in [6.07, 6.45) is -1.69. The number of hydrogen-bond donors (Lipinski definition) is 6. The predicted molar refractivity (Wildman–Crippen MR) is 130 cm³/mol. The highest BCUT2D eigenvalue weighted by molar-refractivity contribution is 7.16. The van der Waals surface area contributed by atoms with Gasteiger partial charge in [0.1, 0.15) is 5.00 Å². The molecular formula is C24H23N3O7S. The van der Waals surface area contributed by atoms with Crippen molar-refractivity contribution in [1.29, 1.82) is 0 Å². The van der Waals surface area contributed by atoms with Crippen molar-refractivity contribution in [2.45, 2.75) is 25.5 Å². The van der Waals surface area contributed by atoms with Gasteiger partial charge in [-0.3, -0.25) is 10.1 Å².